The molecule has 0 bridgehead atoms. The molecular weight excluding hydrogens is 302 g/mol. The number of nitrogens with zero attached hydrogens (tertiary/aromatic N) is 3. The van der Waals surface area contributed by atoms with Crippen LogP contribution in [0.25, 0.3) is 0 Å². The third-order valence-corrected chi connectivity index (χ3v) is 3.76. The molecule has 2 N–H and O–H groups in total. The van der Waals surface area contributed by atoms with Crippen molar-refractivity contribution in [3.63, 3.8) is 0 Å². The molecule has 0 saturated heterocycles. The van der Waals surface area contributed by atoms with Crippen LogP contribution in [0.1, 0.15) is 11.6 Å². The van der Waals surface area contributed by atoms with Gasteiger partial charge in [0.05, 0.1) is 13.2 Å². The molecule has 2 rings (SSSR count). The van der Waals surface area contributed by atoms with E-state index in [4.69, 9.17) is 4.74 Å². The molecule has 0 unspecified atom stereocenters. The Hall–Kier alpha value is -2.19. The number of aromatic nitrogens is 2. The number of ether oxygens (including phenoxy) is 1. The first-order valence-corrected chi connectivity index (χ1v) is 7.60. The first-order chi connectivity index (χ1) is 10.6. The predicted octanol–water partition coefficient (Wildman–Crippen LogP) is 1.97. The number of amides is 2. The van der Waals surface area contributed by atoms with Gasteiger partial charge in [-0.25, -0.2) is 4.79 Å². The lowest BCUT2D eigenvalue weighted by molar-refractivity contribution is 0.242. The topological polar surface area (TPSA) is 79.4 Å². The fourth-order valence-corrected chi connectivity index (χ4v) is 2.51. The van der Waals surface area contributed by atoms with Crippen molar-refractivity contribution in [1.29, 1.82) is 0 Å². The molecule has 0 aliphatic carbocycles. The Kier molecular flexibility index (Phi) is 5.68. The molecule has 0 aliphatic heterocycles. The standard InChI is InChI=1S/C14H19N5O2S/c1-19(2)11(10-6-4-5-7-12(10)21-3)8-15-13(20)17-14-18-16-9-22-14/h4-7,9,11H,8H2,1-3H3,(H2,15,17,18,20)/t11-/m1/s1. The number of hydrogen-bond acceptors (Lipinski definition) is 6. The largest absolute Gasteiger partial charge is 0.496 e. The van der Waals surface area contributed by atoms with Gasteiger partial charge in [0.15, 0.2) is 0 Å². The van der Waals surface area contributed by atoms with Gasteiger partial charge in [0, 0.05) is 12.1 Å². The van der Waals surface area contributed by atoms with Gasteiger partial charge in [-0.2, -0.15) is 0 Å². The lowest BCUT2D eigenvalue weighted by Crippen LogP contribution is -2.37. The SMILES string of the molecule is COc1ccccc1[C@@H](CNC(=O)Nc1nncs1)N(C)C. The number of carbonyl (C=O) groups excluding carboxylic acids is 1. The first-order valence-electron chi connectivity index (χ1n) is 6.72. The summed E-state index contributed by atoms with van der Waals surface area (Å²) >= 11 is 1.27. The highest BCUT2D eigenvalue weighted by atomic mass is 32.1. The Morgan fingerprint density at radius 1 is 1.41 bits per heavy atom. The van der Waals surface area contributed by atoms with Crippen LogP contribution in [0.5, 0.6) is 5.75 Å². The molecule has 0 fully saturated rings. The fourth-order valence-electron chi connectivity index (χ4n) is 2.07. The van der Waals surface area contributed by atoms with Gasteiger partial charge in [0.25, 0.3) is 0 Å². The van der Waals surface area contributed by atoms with Crippen LogP contribution in [-0.2, 0) is 0 Å². The van der Waals surface area contributed by atoms with E-state index in [-0.39, 0.29) is 12.1 Å². The second-order valence-corrected chi connectivity index (χ2v) is 5.63. The minimum Gasteiger partial charge on any atom is -0.496 e. The van der Waals surface area contributed by atoms with E-state index < -0.39 is 0 Å². The van der Waals surface area contributed by atoms with E-state index in [0.29, 0.717) is 11.7 Å². The average molecular weight is 321 g/mol. The number of rotatable bonds is 6. The highest BCUT2D eigenvalue weighted by Crippen LogP contribution is 2.27. The Morgan fingerprint density at radius 2 is 2.18 bits per heavy atom. The summed E-state index contributed by atoms with van der Waals surface area (Å²) in [6, 6.07) is 7.47. The molecule has 118 valence electrons. The molecule has 2 amide bonds. The highest BCUT2D eigenvalue weighted by Gasteiger charge is 2.19. The van der Waals surface area contributed by atoms with Gasteiger partial charge in [-0.1, -0.05) is 29.5 Å². The van der Waals surface area contributed by atoms with Crippen LogP contribution < -0.4 is 15.4 Å². The Balaban J connectivity index is 2.01. The average Bonchev–Trinajstić information content (AvgIpc) is 3.00. The second kappa shape index (κ2) is 7.71. The maximum absolute atomic E-state index is 11.9. The van der Waals surface area contributed by atoms with Crippen LogP contribution >= 0.6 is 11.3 Å². The van der Waals surface area contributed by atoms with Gasteiger partial charge >= 0.3 is 6.03 Å². The smallest absolute Gasteiger partial charge is 0.321 e. The minimum atomic E-state index is -0.307. The number of likely N-dealkylation sites (N-methyl/N-ethyl adjacent to an activating group) is 1. The van der Waals surface area contributed by atoms with Crippen molar-refractivity contribution < 1.29 is 9.53 Å². The number of methoxy groups -OCH3 is 1. The molecule has 1 aromatic carbocycles. The maximum Gasteiger partial charge on any atom is 0.321 e. The molecule has 7 nitrogen and oxygen atoms in total. The van der Waals surface area contributed by atoms with Crippen molar-refractivity contribution in [3.8, 4) is 5.75 Å². The van der Waals surface area contributed by atoms with Crippen molar-refractivity contribution in [3.05, 3.63) is 35.3 Å². The van der Waals surface area contributed by atoms with E-state index in [1.165, 1.54) is 11.3 Å². The molecule has 0 radical (unpaired) electrons. The predicted molar refractivity (Wildman–Crippen MR) is 86.4 cm³/mol. The molecule has 22 heavy (non-hydrogen) atoms. The van der Waals surface area contributed by atoms with Gasteiger partial charge in [-0.05, 0) is 20.2 Å². The lowest BCUT2D eigenvalue weighted by Gasteiger charge is -2.26. The van der Waals surface area contributed by atoms with Crippen molar-refractivity contribution in [2.45, 2.75) is 6.04 Å². The summed E-state index contributed by atoms with van der Waals surface area (Å²) in [6.07, 6.45) is 0. The van der Waals surface area contributed by atoms with E-state index in [1.807, 2.05) is 43.3 Å². The molecule has 2 aromatic rings. The molecular formula is C14H19N5O2S. The zero-order chi connectivity index (χ0) is 15.9. The summed E-state index contributed by atoms with van der Waals surface area (Å²) in [7, 11) is 5.56. The lowest BCUT2D eigenvalue weighted by atomic mass is 10.0. The normalized spacial score (nSPS) is 12.0. The van der Waals surface area contributed by atoms with E-state index in [2.05, 4.69) is 20.8 Å². The van der Waals surface area contributed by atoms with Gasteiger partial charge in [-0.3, -0.25) is 5.32 Å². The highest BCUT2D eigenvalue weighted by molar-refractivity contribution is 7.13. The molecule has 1 heterocycles. The Morgan fingerprint density at radius 3 is 2.82 bits per heavy atom. The molecule has 1 aromatic heterocycles. The van der Waals surface area contributed by atoms with Crippen molar-refractivity contribution >= 4 is 22.5 Å². The summed E-state index contributed by atoms with van der Waals surface area (Å²) < 4.78 is 5.40. The Labute approximate surface area is 133 Å². The molecule has 8 heteroatoms. The van der Waals surface area contributed by atoms with Crippen LogP contribution in [-0.4, -0.2) is 48.9 Å². The van der Waals surface area contributed by atoms with Gasteiger partial charge in [-0.15, -0.1) is 10.2 Å². The molecule has 0 spiro atoms. The van der Waals surface area contributed by atoms with E-state index in [9.17, 15) is 4.79 Å². The number of urea groups is 1. The van der Waals surface area contributed by atoms with Crippen LogP contribution in [0.3, 0.4) is 0 Å². The summed E-state index contributed by atoms with van der Waals surface area (Å²) in [6.45, 7) is 0.442. The van der Waals surface area contributed by atoms with Crippen molar-refractivity contribution in [1.82, 2.24) is 20.4 Å². The zero-order valence-electron chi connectivity index (χ0n) is 12.7. The number of hydrogen-bond donors (Lipinski definition) is 2. The number of carbonyl (C=O) groups is 1. The maximum atomic E-state index is 11.9. The minimum absolute atomic E-state index is 0.00341. The van der Waals surface area contributed by atoms with E-state index >= 15 is 0 Å². The van der Waals surface area contributed by atoms with Crippen LogP contribution in [0.2, 0.25) is 0 Å². The summed E-state index contributed by atoms with van der Waals surface area (Å²) in [5.74, 6) is 0.799. The molecule has 0 aliphatic rings. The molecule has 0 saturated carbocycles. The number of anilines is 1. The number of para-hydroxylation sites is 1. The number of nitrogens with one attached hydrogen (secondary N) is 2. The summed E-state index contributed by atoms with van der Waals surface area (Å²) in [5, 5.41) is 13.4. The third kappa shape index (κ3) is 4.15. The summed E-state index contributed by atoms with van der Waals surface area (Å²) in [4.78, 5) is 13.9. The first kappa shape index (κ1) is 16.2. The van der Waals surface area contributed by atoms with Crippen LogP contribution in [0, 0.1) is 0 Å². The van der Waals surface area contributed by atoms with Crippen LogP contribution in [0.4, 0.5) is 9.93 Å². The zero-order valence-corrected chi connectivity index (χ0v) is 13.6. The third-order valence-electron chi connectivity index (χ3n) is 3.16. The van der Waals surface area contributed by atoms with E-state index in [0.717, 1.165) is 11.3 Å². The summed E-state index contributed by atoms with van der Waals surface area (Å²) in [5.41, 5.74) is 2.58. The van der Waals surface area contributed by atoms with Crippen molar-refractivity contribution in [2.75, 3.05) is 33.1 Å². The van der Waals surface area contributed by atoms with Crippen LogP contribution in [0.15, 0.2) is 29.8 Å². The fraction of sp³-hybridized carbons (Fsp3) is 0.357. The Bertz CT molecular complexity index is 603. The molecule has 1 atom stereocenters. The van der Waals surface area contributed by atoms with Crippen molar-refractivity contribution in [2.24, 2.45) is 0 Å². The second-order valence-electron chi connectivity index (χ2n) is 4.80. The number of benzene rings is 1. The van der Waals surface area contributed by atoms with E-state index in [1.54, 1.807) is 12.6 Å². The van der Waals surface area contributed by atoms with Gasteiger partial charge in [0.1, 0.15) is 11.3 Å². The van der Waals surface area contributed by atoms with Gasteiger partial charge < -0.3 is 15.0 Å². The quantitative estimate of drug-likeness (QED) is 0.850. The van der Waals surface area contributed by atoms with Gasteiger partial charge in [0.2, 0.25) is 5.13 Å². The monoisotopic (exact) mass is 321 g/mol.